The molecular weight excluding hydrogens is 387 g/mol. The van der Waals surface area contributed by atoms with E-state index < -0.39 is 11.1 Å². The number of hydrogen-bond donors (Lipinski definition) is 1. The zero-order chi connectivity index (χ0) is 20.6. The Balaban J connectivity index is 1.71. The van der Waals surface area contributed by atoms with Crippen molar-refractivity contribution >= 4 is 29.3 Å². The molecule has 0 saturated heterocycles. The average molecular weight is 408 g/mol. The monoisotopic (exact) mass is 408 g/mol. The predicted molar refractivity (Wildman–Crippen MR) is 114 cm³/mol. The lowest BCUT2D eigenvalue weighted by Crippen LogP contribution is -2.37. The topological polar surface area (TPSA) is 49.4 Å². The smallest absolute Gasteiger partial charge is 0.243 e. The molecule has 1 N–H and O–H groups in total. The van der Waals surface area contributed by atoms with Crippen molar-refractivity contribution in [2.45, 2.75) is 10.1 Å². The summed E-state index contributed by atoms with van der Waals surface area (Å²) in [6.45, 7) is -0.131. The molecular formula is C23H21FN2O2S. The van der Waals surface area contributed by atoms with Gasteiger partial charge in [-0.3, -0.25) is 9.59 Å². The van der Waals surface area contributed by atoms with Crippen molar-refractivity contribution in [1.82, 2.24) is 4.90 Å². The second-order valence-electron chi connectivity index (χ2n) is 6.47. The van der Waals surface area contributed by atoms with E-state index >= 15 is 0 Å². The van der Waals surface area contributed by atoms with E-state index in [2.05, 4.69) is 5.32 Å². The molecule has 6 heteroatoms. The second kappa shape index (κ2) is 9.89. The quantitative estimate of drug-likeness (QED) is 0.574. The lowest BCUT2D eigenvalue weighted by atomic mass is 10.1. The highest BCUT2D eigenvalue weighted by Crippen LogP contribution is 2.36. The fourth-order valence-corrected chi connectivity index (χ4v) is 3.94. The Morgan fingerprint density at radius 1 is 0.966 bits per heavy atom. The summed E-state index contributed by atoms with van der Waals surface area (Å²) in [5, 5.41) is 2.14. The van der Waals surface area contributed by atoms with Crippen molar-refractivity contribution in [3.05, 3.63) is 96.3 Å². The first kappa shape index (κ1) is 20.6. The molecule has 1 unspecified atom stereocenters. The van der Waals surface area contributed by atoms with Crippen LogP contribution in [0.4, 0.5) is 10.1 Å². The van der Waals surface area contributed by atoms with Crippen LogP contribution in [0.1, 0.15) is 10.8 Å². The summed E-state index contributed by atoms with van der Waals surface area (Å²) < 4.78 is 13.3. The van der Waals surface area contributed by atoms with Gasteiger partial charge in [-0.1, -0.05) is 54.6 Å². The molecule has 0 bridgehead atoms. The molecule has 2 amide bonds. The third-order valence-electron chi connectivity index (χ3n) is 4.19. The number of rotatable bonds is 7. The molecule has 0 saturated carbocycles. The highest BCUT2D eigenvalue weighted by molar-refractivity contribution is 8.00. The van der Waals surface area contributed by atoms with Crippen LogP contribution in [0.3, 0.4) is 0 Å². The lowest BCUT2D eigenvalue weighted by molar-refractivity contribution is -0.132. The number of benzene rings is 3. The summed E-state index contributed by atoms with van der Waals surface area (Å²) in [4.78, 5) is 27.8. The molecule has 0 heterocycles. The Labute approximate surface area is 173 Å². The van der Waals surface area contributed by atoms with Crippen molar-refractivity contribution in [2.75, 3.05) is 18.9 Å². The Hall–Kier alpha value is -3.12. The van der Waals surface area contributed by atoms with Crippen LogP contribution < -0.4 is 5.32 Å². The van der Waals surface area contributed by atoms with Gasteiger partial charge in [0.15, 0.2) is 0 Å². The van der Waals surface area contributed by atoms with Crippen LogP contribution >= 0.6 is 11.8 Å². The molecule has 0 aliphatic rings. The van der Waals surface area contributed by atoms with Gasteiger partial charge in [0, 0.05) is 17.6 Å². The van der Waals surface area contributed by atoms with Crippen LogP contribution in [0, 0.1) is 5.82 Å². The van der Waals surface area contributed by atoms with Gasteiger partial charge in [0.1, 0.15) is 11.1 Å². The fraction of sp³-hybridized carbons (Fsp3) is 0.130. The van der Waals surface area contributed by atoms with Crippen molar-refractivity contribution < 1.29 is 14.0 Å². The molecule has 0 aromatic heterocycles. The summed E-state index contributed by atoms with van der Waals surface area (Å²) >= 11 is 1.44. The SMILES string of the molecule is CN(CC(=O)Nc1cccc(F)c1)C(=O)C(Sc1ccccc1)c1ccccc1. The standard InChI is InChI=1S/C23H21FN2O2S/c1-26(16-21(27)25-19-12-8-11-18(24)15-19)23(28)22(17-9-4-2-5-10-17)29-20-13-6-3-7-14-20/h2-15,22H,16H2,1H3,(H,25,27). The molecule has 4 nitrogen and oxygen atoms in total. The molecule has 29 heavy (non-hydrogen) atoms. The molecule has 0 aliphatic carbocycles. The van der Waals surface area contributed by atoms with E-state index in [1.165, 1.54) is 34.9 Å². The van der Waals surface area contributed by atoms with E-state index in [1.807, 2.05) is 60.7 Å². The van der Waals surface area contributed by atoms with Crippen LogP contribution in [0.15, 0.2) is 89.8 Å². The second-order valence-corrected chi connectivity index (χ2v) is 7.65. The van der Waals surface area contributed by atoms with E-state index in [4.69, 9.17) is 0 Å². The number of halogens is 1. The zero-order valence-electron chi connectivity index (χ0n) is 15.9. The molecule has 0 fully saturated rings. The number of amides is 2. The van der Waals surface area contributed by atoms with Gasteiger partial charge < -0.3 is 10.2 Å². The molecule has 3 rings (SSSR count). The molecule has 0 aliphatic heterocycles. The Morgan fingerprint density at radius 3 is 2.28 bits per heavy atom. The predicted octanol–water partition coefficient (Wildman–Crippen LogP) is 4.76. The van der Waals surface area contributed by atoms with Gasteiger partial charge in [-0.05, 0) is 35.9 Å². The number of carbonyl (C=O) groups excluding carboxylic acids is 2. The van der Waals surface area contributed by atoms with Crippen molar-refractivity contribution in [1.29, 1.82) is 0 Å². The summed E-state index contributed by atoms with van der Waals surface area (Å²) in [5.74, 6) is -1.00. The van der Waals surface area contributed by atoms with Crippen LogP contribution in [0.25, 0.3) is 0 Å². The maximum Gasteiger partial charge on any atom is 0.243 e. The first-order valence-electron chi connectivity index (χ1n) is 9.10. The number of likely N-dealkylation sites (N-methyl/N-ethyl adjacent to an activating group) is 1. The number of anilines is 1. The molecule has 1 atom stereocenters. The van der Waals surface area contributed by atoms with E-state index in [9.17, 15) is 14.0 Å². The number of hydrogen-bond acceptors (Lipinski definition) is 3. The van der Waals surface area contributed by atoms with E-state index in [0.29, 0.717) is 5.69 Å². The largest absolute Gasteiger partial charge is 0.335 e. The van der Waals surface area contributed by atoms with Crippen LogP contribution in [-0.2, 0) is 9.59 Å². The summed E-state index contributed by atoms with van der Waals surface area (Å²) in [6, 6.07) is 24.8. The van der Waals surface area contributed by atoms with E-state index in [-0.39, 0.29) is 18.4 Å². The van der Waals surface area contributed by atoms with Gasteiger partial charge in [0.05, 0.1) is 6.54 Å². The van der Waals surface area contributed by atoms with Crippen molar-refractivity contribution in [3.8, 4) is 0 Å². The zero-order valence-corrected chi connectivity index (χ0v) is 16.7. The van der Waals surface area contributed by atoms with Gasteiger partial charge in [-0.15, -0.1) is 11.8 Å². The normalized spacial score (nSPS) is 11.5. The fourth-order valence-electron chi connectivity index (χ4n) is 2.78. The third-order valence-corrected chi connectivity index (χ3v) is 5.44. The van der Waals surface area contributed by atoms with Gasteiger partial charge in [0.25, 0.3) is 0 Å². The number of carbonyl (C=O) groups is 2. The van der Waals surface area contributed by atoms with E-state index in [1.54, 1.807) is 13.1 Å². The summed E-state index contributed by atoms with van der Waals surface area (Å²) in [5.41, 5.74) is 1.22. The maximum atomic E-state index is 13.3. The Bertz CT molecular complexity index is 967. The van der Waals surface area contributed by atoms with Gasteiger partial charge in [0.2, 0.25) is 11.8 Å². The summed E-state index contributed by atoms with van der Waals surface area (Å²) in [7, 11) is 1.59. The van der Waals surface area contributed by atoms with Crippen LogP contribution in [0.2, 0.25) is 0 Å². The summed E-state index contributed by atoms with van der Waals surface area (Å²) in [6.07, 6.45) is 0. The Kier molecular flexibility index (Phi) is 7.03. The number of nitrogens with zero attached hydrogens (tertiary/aromatic N) is 1. The molecule has 0 radical (unpaired) electrons. The average Bonchev–Trinajstić information content (AvgIpc) is 2.73. The molecule has 3 aromatic carbocycles. The minimum atomic E-state index is -0.481. The first-order valence-corrected chi connectivity index (χ1v) is 9.98. The van der Waals surface area contributed by atoms with Gasteiger partial charge in [-0.25, -0.2) is 4.39 Å². The minimum absolute atomic E-state index is 0.131. The van der Waals surface area contributed by atoms with Crippen molar-refractivity contribution in [3.63, 3.8) is 0 Å². The first-order chi connectivity index (χ1) is 14.0. The van der Waals surface area contributed by atoms with Gasteiger partial charge in [-0.2, -0.15) is 0 Å². The highest BCUT2D eigenvalue weighted by atomic mass is 32.2. The minimum Gasteiger partial charge on any atom is -0.335 e. The highest BCUT2D eigenvalue weighted by Gasteiger charge is 2.26. The molecule has 148 valence electrons. The van der Waals surface area contributed by atoms with Gasteiger partial charge >= 0.3 is 0 Å². The van der Waals surface area contributed by atoms with Crippen LogP contribution in [0.5, 0.6) is 0 Å². The molecule has 0 spiro atoms. The van der Waals surface area contributed by atoms with E-state index in [0.717, 1.165) is 10.5 Å². The number of nitrogens with one attached hydrogen (secondary N) is 1. The lowest BCUT2D eigenvalue weighted by Gasteiger charge is -2.23. The van der Waals surface area contributed by atoms with Crippen LogP contribution in [-0.4, -0.2) is 30.3 Å². The third kappa shape index (κ3) is 5.93. The maximum absolute atomic E-state index is 13.3. The van der Waals surface area contributed by atoms with Crippen molar-refractivity contribution in [2.24, 2.45) is 0 Å². The Morgan fingerprint density at radius 2 is 1.62 bits per heavy atom. The molecule has 3 aromatic rings. The number of thioether (sulfide) groups is 1.